The lowest BCUT2D eigenvalue weighted by atomic mass is 10.1. The molecular weight excluding hydrogens is 436 g/mol. The van der Waals surface area contributed by atoms with Crippen LogP contribution in [0.15, 0.2) is 36.4 Å². The van der Waals surface area contributed by atoms with Crippen LogP contribution in [-0.2, 0) is 25.3 Å². The summed E-state index contributed by atoms with van der Waals surface area (Å²) in [5.74, 6) is 0.332. The quantitative estimate of drug-likeness (QED) is 0.501. The van der Waals surface area contributed by atoms with Gasteiger partial charge in [-0.3, -0.25) is 0 Å². The number of fused-ring (bicyclic) bond motifs is 1. The van der Waals surface area contributed by atoms with E-state index in [0.29, 0.717) is 25.2 Å². The Morgan fingerprint density at radius 2 is 1.66 bits per heavy atom. The van der Waals surface area contributed by atoms with Crippen molar-refractivity contribution in [2.75, 3.05) is 5.32 Å². The fraction of sp³-hybridized carbons (Fsp3) is 0.286. The minimum absolute atomic E-state index is 0.0262. The van der Waals surface area contributed by atoms with Crippen molar-refractivity contribution in [2.24, 2.45) is 0 Å². The standard InChI is InChI=1S/C21H15F6N5/c22-20(23,24)13-4-6-14(7-5-13)29-16-10-12(11-28)9-15(30-16)18-19(21(25,26)27)31-17-3-1-2-8-32(17)18/h4-7,9-10H,1-3,8H2,(H,29,30). The molecule has 5 nitrogen and oxygen atoms in total. The third kappa shape index (κ3) is 4.26. The number of anilines is 2. The maximum absolute atomic E-state index is 13.7. The van der Waals surface area contributed by atoms with Crippen molar-refractivity contribution in [1.82, 2.24) is 14.5 Å². The predicted octanol–water partition coefficient (Wildman–Crippen LogP) is 5.93. The second-order valence-corrected chi connectivity index (χ2v) is 7.27. The van der Waals surface area contributed by atoms with E-state index in [1.807, 2.05) is 6.07 Å². The van der Waals surface area contributed by atoms with Crippen LogP contribution in [0.3, 0.4) is 0 Å². The molecule has 32 heavy (non-hydrogen) atoms. The molecule has 166 valence electrons. The van der Waals surface area contributed by atoms with E-state index in [1.165, 1.54) is 28.8 Å². The Morgan fingerprint density at radius 3 is 2.28 bits per heavy atom. The van der Waals surface area contributed by atoms with Gasteiger partial charge in [0.1, 0.15) is 11.6 Å². The van der Waals surface area contributed by atoms with Gasteiger partial charge in [-0.25, -0.2) is 9.97 Å². The number of pyridine rings is 1. The number of nitriles is 1. The Kier molecular flexibility index (Phi) is 5.32. The first kappa shape index (κ1) is 21.7. The van der Waals surface area contributed by atoms with E-state index in [0.717, 1.165) is 18.6 Å². The number of halogens is 6. The molecule has 1 N–H and O–H groups in total. The molecule has 0 unspecified atom stereocenters. The smallest absolute Gasteiger partial charge is 0.340 e. The van der Waals surface area contributed by atoms with Crippen molar-refractivity contribution in [3.05, 3.63) is 59.0 Å². The zero-order valence-corrected chi connectivity index (χ0v) is 16.3. The molecule has 4 rings (SSSR count). The summed E-state index contributed by atoms with van der Waals surface area (Å²) in [6.07, 6.45) is -7.41. The first-order valence-corrected chi connectivity index (χ1v) is 9.59. The van der Waals surface area contributed by atoms with Gasteiger partial charge in [0.05, 0.1) is 28.6 Å². The molecule has 1 aliphatic rings. The summed E-state index contributed by atoms with van der Waals surface area (Å²) in [6, 6.07) is 8.51. The number of aromatic nitrogens is 3. The summed E-state index contributed by atoms with van der Waals surface area (Å²) in [6.45, 7) is 0.341. The molecule has 0 amide bonds. The van der Waals surface area contributed by atoms with Gasteiger partial charge in [-0.15, -0.1) is 0 Å². The van der Waals surface area contributed by atoms with Gasteiger partial charge in [-0.2, -0.15) is 31.6 Å². The van der Waals surface area contributed by atoms with Gasteiger partial charge in [-0.05, 0) is 49.2 Å². The molecule has 3 heterocycles. The third-order valence-corrected chi connectivity index (χ3v) is 5.03. The van der Waals surface area contributed by atoms with Crippen molar-refractivity contribution in [2.45, 2.75) is 38.2 Å². The lowest BCUT2D eigenvalue weighted by Gasteiger charge is -2.17. The van der Waals surface area contributed by atoms with Crippen LogP contribution in [-0.4, -0.2) is 14.5 Å². The highest BCUT2D eigenvalue weighted by Gasteiger charge is 2.40. The summed E-state index contributed by atoms with van der Waals surface area (Å²) in [5.41, 5.74) is -1.95. The van der Waals surface area contributed by atoms with Crippen molar-refractivity contribution in [3.8, 4) is 17.5 Å². The minimum Gasteiger partial charge on any atom is -0.340 e. The molecule has 0 spiro atoms. The zero-order valence-electron chi connectivity index (χ0n) is 16.3. The molecule has 0 saturated heterocycles. The highest BCUT2D eigenvalue weighted by atomic mass is 19.4. The number of hydrogen-bond acceptors (Lipinski definition) is 4. The Bertz CT molecular complexity index is 1190. The molecule has 11 heteroatoms. The topological polar surface area (TPSA) is 66.5 Å². The van der Waals surface area contributed by atoms with Gasteiger partial charge in [0.2, 0.25) is 0 Å². The third-order valence-electron chi connectivity index (χ3n) is 5.03. The molecule has 0 atom stereocenters. The van der Waals surface area contributed by atoms with E-state index >= 15 is 0 Å². The Morgan fingerprint density at radius 1 is 0.938 bits per heavy atom. The van der Waals surface area contributed by atoms with Crippen LogP contribution in [0.5, 0.6) is 0 Å². The number of nitrogens with zero attached hydrogens (tertiary/aromatic N) is 4. The van der Waals surface area contributed by atoms with Crippen LogP contribution in [0.4, 0.5) is 37.8 Å². The van der Waals surface area contributed by atoms with E-state index in [2.05, 4.69) is 15.3 Å². The largest absolute Gasteiger partial charge is 0.435 e. The number of aryl methyl sites for hydroxylation is 1. The molecule has 1 aliphatic heterocycles. The van der Waals surface area contributed by atoms with Crippen molar-refractivity contribution < 1.29 is 26.3 Å². The maximum Gasteiger partial charge on any atom is 0.435 e. The Labute approximate surface area is 178 Å². The van der Waals surface area contributed by atoms with Crippen LogP contribution < -0.4 is 5.32 Å². The average molecular weight is 451 g/mol. The van der Waals surface area contributed by atoms with Crippen LogP contribution in [0, 0.1) is 11.3 Å². The summed E-state index contributed by atoms with van der Waals surface area (Å²) in [4.78, 5) is 8.02. The predicted molar refractivity (Wildman–Crippen MR) is 103 cm³/mol. The van der Waals surface area contributed by atoms with E-state index in [-0.39, 0.29) is 28.5 Å². The molecule has 0 aliphatic carbocycles. The number of imidazole rings is 1. The SMILES string of the molecule is N#Cc1cc(Nc2ccc(C(F)(F)F)cc2)nc(-c2c(C(F)(F)F)nc3n2CCCC3)c1. The fourth-order valence-electron chi connectivity index (χ4n) is 3.61. The molecule has 2 aromatic heterocycles. The highest BCUT2D eigenvalue weighted by molar-refractivity contribution is 5.67. The number of rotatable bonds is 3. The lowest BCUT2D eigenvalue weighted by molar-refractivity contribution is -0.140. The van der Waals surface area contributed by atoms with Gasteiger partial charge in [-0.1, -0.05) is 0 Å². The molecule has 0 saturated carbocycles. The number of hydrogen-bond donors (Lipinski definition) is 1. The van der Waals surface area contributed by atoms with Gasteiger partial charge in [0.25, 0.3) is 0 Å². The molecule has 1 aromatic carbocycles. The van der Waals surface area contributed by atoms with Crippen LogP contribution >= 0.6 is 0 Å². The maximum atomic E-state index is 13.7. The first-order chi connectivity index (χ1) is 15.1. The van der Waals surface area contributed by atoms with Gasteiger partial charge in [0, 0.05) is 18.7 Å². The van der Waals surface area contributed by atoms with Crippen molar-refractivity contribution in [1.29, 1.82) is 5.26 Å². The first-order valence-electron chi connectivity index (χ1n) is 9.59. The van der Waals surface area contributed by atoms with E-state index in [9.17, 15) is 31.6 Å². The fourth-order valence-corrected chi connectivity index (χ4v) is 3.61. The second kappa shape index (κ2) is 7.85. The van der Waals surface area contributed by atoms with E-state index in [1.54, 1.807) is 0 Å². The normalized spacial score (nSPS) is 14.0. The molecule has 0 fully saturated rings. The summed E-state index contributed by atoms with van der Waals surface area (Å²) < 4.78 is 80.9. The van der Waals surface area contributed by atoms with Crippen molar-refractivity contribution >= 4 is 11.5 Å². The van der Waals surface area contributed by atoms with E-state index in [4.69, 9.17) is 0 Å². The number of nitrogens with one attached hydrogen (secondary N) is 1. The average Bonchev–Trinajstić information content (AvgIpc) is 3.13. The minimum atomic E-state index is -4.72. The van der Waals surface area contributed by atoms with Gasteiger partial charge < -0.3 is 9.88 Å². The number of alkyl halides is 6. The number of benzene rings is 1. The lowest BCUT2D eigenvalue weighted by Crippen LogP contribution is -2.13. The van der Waals surface area contributed by atoms with Crippen molar-refractivity contribution in [3.63, 3.8) is 0 Å². The Balaban J connectivity index is 1.77. The van der Waals surface area contributed by atoms with Crippen LogP contribution in [0.1, 0.15) is 35.5 Å². The molecule has 3 aromatic rings. The summed E-state index contributed by atoms with van der Waals surface area (Å²) >= 11 is 0. The molecular formula is C21H15F6N5. The van der Waals surface area contributed by atoms with Crippen LogP contribution in [0.25, 0.3) is 11.4 Å². The van der Waals surface area contributed by atoms with Crippen LogP contribution in [0.2, 0.25) is 0 Å². The zero-order chi connectivity index (χ0) is 23.1. The summed E-state index contributed by atoms with van der Waals surface area (Å²) in [7, 11) is 0. The molecule has 0 radical (unpaired) electrons. The highest BCUT2D eigenvalue weighted by Crippen LogP contribution is 2.39. The van der Waals surface area contributed by atoms with E-state index < -0.39 is 23.6 Å². The summed E-state index contributed by atoms with van der Waals surface area (Å²) in [5, 5.41) is 12.1. The molecule has 0 bridgehead atoms. The Hall–Kier alpha value is -3.55. The second-order valence-electron chi connectivity index (χ2n) is 7.27. The van der Waals surface area contributed by atoms with Gasteiger partial charge in [0.15, 0.2) is 5.69 Å². The monoisotopic (exact) mass is 451 g/mol. The van der Waals surface area contributed by atoms with Gasteiger partial charge >= 0.3 is 12.4 Å².